The molecule has 0 spiro atoms. The Kier molecular flexibility index (Phi) is 9.02. The largest absolute Gasteiger partial charge is 0.491 e. The fraction of sp³-hybridized carbons (Fsp3) is 0.692. The van der Waals surface area contributed by atoms with E-state index in [-0.39, 0.29) is 17.4 Å². The maximum Gasteiger partial charge on any atom is 0.204 e. The summed E-state index contributed by atoms with van der Waals surface area (Å²) in [5.74, 6) is 0.677. The lowest BCUT2D eigenvalue weighted by Gasteiger charge is -2.35. The molecule has 0 bridgehead atoms. The third-order valence-electron chi connectivity index (χ3n) is 6.98. The number of rotatable bonds is 10. The summed E-state index contributed by atoms with van der Waals surface area (Å²) in [5, 5.41) is 0. The van der Waals surface area contributed by atoms with Crippen LogP contribution >= 0.6 is 0 Å². The molecule has 1 aromatic carbocycles. The molecular weight excluding hydrogens is 382 g/mol. The maximum absolute atomic E-state index is 14.2. The van der Waals surface area contributed by atoms with Gasteiger partial charge in [0, 0.05) is 5.92 Å². The first kappa shape index (κ1) is 23.1. The molecule has 1 saturated carbocycles. The molecule has 4 heteroatoms. The molecule has 2 atom stereocenters. The third kappa shape index (κ3) is 6.21. The van der Waals surface area contributed by atoms with Gasteiger partial charge in [0.1, 0.15) is 0 Å². The highest BCUT2D eigenvalue weighted by atomic mass is 19.2. The fourth-order valence-electron chi connectivity index (χ4n) is 5.11. The molecule has 2 aliphatic rings. The van der Waals surface area contributed by atoms with Crippen molar-refractivity contribution in [3.8, 4) is 11.5 Å². The highest BCUT2D eigenvalue weighted by molar-refractivity contribution is 5.35. The average molecular weight is 421 g/mol. The molecular formula is C26H38F2O2. The topological polar surface area (TPSA) is 18.5 Å². The zero-order valence-corrected chi connectivity index (χ0v) is 18.7. The Hall–Kier alpha value is -1.58. The SMILES string of the molecule is CCCCCC1CCC(C2C=CC(COc3ccc(OCC)c(F)c3F)CC2)CC1. The van der Waals surface area contributed by atoms with Gasteiger partial charge in [-0.2, -0.15) is 8.78 Å². The Labute approximate surface area is 181 Å². The molecule has 30 heavy (non-hydrogen) atoms. The second-order valence-corrected chi connectivity index (χ2v) is 9.10. The van der Waals surface area contributed by atoms with Gasteiger partial charge >= 0.3 is 0 Å². The van der Waals surface area contributed by atoms with Crippen LogP contribution < -0.4 is 9.47 Å². The predicted molar refractivity (Wildman–Crippen MR) is 118 cm³/mol. The van der Waals surface area contributed by atoms with E-state index < -0.39 is 11.6 Å². The van der Waals surface area contributed by atoms with E-state index in [9.17, 15) is 8.78 Å². The highest BCUT2D eigenvalue weighted by Gasteiger charge is 2.28. The van der Waals surface area contributed by atoms with Crippen LogP contribution in [0, 0.1) is 35.3 Å². The van der Waals surface area contributed by atoms with Crippen LogP contribution in [0.25, 0.3) is 0 Å². The first-order valence-electron chi connectivity index (χ1n) is 12.0. The van der Waals surface area contributed by atoms with Gasteiger partial charge in [0.25, 0.3) is 0 Å². The second-order valence-electron chi connectivity index (χ2n) is 9.10. The van der Waals surface area contributed by atoms with Gasteiger partial charge in [0.05, 0.1) is 13.2 Å². The molecule has 1 aromatic rings. The number of halogens is 2. The molecule has 2 nitrogen and oxygen atoms in total. The van der Waals surface area contributed by atoms with E-state index in [0.717, 1.165) is 18.3 Å². The van der Waals surface area contributed by atoms with Gasteiger partial charge in [-0.25, -0.2) is 0 Å². The van der Waals surface area contributed by atoms with Crippen LogP contribution in [0.15, 0.2) is 24.3 Å². The maximum atomic E-state index is 14.2. The molecule has 2 unspecified atom stereocenters. The molecule has 0 saturated heterocycles. The molecule has 0 N–H and O–H groups in total. The molecule has 0 aromatic heterocycles. The van der Waals surface area contributed by atoms with E-state index in [1.54, 1.807) is 6.92 Å². The van der Waals surface area contributed by atoms with Gasteiger partial charge in [0.15, 0.2) is 11.5 Å². The fourth-order valence-corrected chi connectivity index (χ4v) is 5.11. The molecule has 0 heterocycles. The second kappa shape index (κ2) is 11.7. The van der Waals surface area contributed by atoms with Crippen LogP contribution in [0.5, 0.6) is 11.5 Å². The lowest BCUT2D eigenvalue weighted by Crippen LogP contribution is -2.24. The van der Waals surface area contributed by atoms with Gasteiger partial charge in [0.2, 0.25) is 11.6 Å². The molecule has 0 aliphatic heterocycles. The van der Waals surface area contributed by atoms with Crippen LogP contribution in [0.3, 0.4) is 0 Å². The molecule has 0 radical (unpaired) electrons. The zero-order valence-electron chi connectivity index (χ0n) is 18.7. The summed E-state index contributed by atoms with van der Waals surface area (Å²) in [5.41, 5.74) is 0. The van der Waals surface area contributed by atoms with Crippen molar-refractivity contribution in [2.24, 2.45) is 23.7 Å². The Balaban J connectivity index is 1.43. The van der Waals surface area contributed by atoms with Crippen LogP contribution in [-0.2, 0) is 0 Å². The van der Waals surface area contributed by atoms with Crippen molar-refractivity contribution in [1.82, 2.24) is 0 Å². The quantitative estimate of drug-likeness (QED) is 0.285. The van der Waals surface area contributed by atoms with E-state index in [0.29, 0.717) is 19.1 Å². The van der Waals surface area contributed by atoms with Crippen molar-refractivity contribution in [2.45, 2.75) is 78.1 Å². The highest BCUT2D eigenvalue weighted by Crippen LogP contribution is 2.40. The van der Waals surface area contributed by atoms with Crippen molar-refractivity contribution < 1.29 is 18.3 Å². The summed E-state index contributed by atoms with van der Waals surface area (Å²) in [6.07, 6.45) is 17.9. The van der Waals surface area contributed by atoms with E-state index in [2.05, 4.69) is 19.1 Å². The molecule has 168 valence electrons. The van der Waals surface area contributed by atoms with Crippen LogP contribution in [-0.4, -0.2) is 13.2 Å². The number of allylic oxidation sites excluding steroid dienone is 1. The minimum Gasteiger partial charge on any atom is -0.491 e. The first-order valence-corrected chi connectivity index (χ1v) is 12.0. The molecule has 0 amide bonds. The summed E-state index contributed by atoms with van der Waals surface area (Å²) in [6, 6.07) is 2.89. The van der Waals surface area contributed by atoms with E-state index in [1.165, 1.54) is 69.9 Å². The summed E-state index contributed by atoms with van der Waals surface area (Å²) >= 11 is 0. The Morgan fingerprint density at radius 1 is 0.833 bits per heavy atom. The smallest absolute Gasteiger partial charge is 0.204 e. The van der Waals surface area contributed by atoms with Crippen molar-refractivity contribution in [1.29, 1.82) is 0 Å². The standard InChI is InChI=1S/C26H38F2O2/c1-3-5-6-7-19-8-12-21(13-9-19)22-14-10-20(11-15-22)18-30-24-17-16-23(29-4-2)25(27)26(24)28/h10,14,16-17,19-22H,3-9,11-13,15,18H2,1-2H3. The molecule has 3 rings (SSSR count). The summed E-state index contributed by atoms with van der Waals surface area (Å²) in [6.45, 7) is 4.70. The van der Waals surface area contributed by atoms with Gasteiger partial charge in [-0.3, -0.25) is 0 Å². The Morgan fingerprint density at radius 2 is 1.53 bits per heavy atom. The summed E-state index contributed by atoms with van der Waals surface area (Å²) in [7, 11) is 0. The average Bonchev–Trinajstić information content (AvgIpc) is 2.78. The normalized spacial score (nSPS) is 26.5. The summed E-state index contributed by atoms with van der Waals surface area (Å²) in [4.78, 5) is 0. The number of benzene rings is 1. The minimum atomic E-state index is -0.973. The number of hydrogen-bond donors (Lipinski definition) is 0. The minimum absolute atomic E-state index is 0.0344. The Morgan fingerprint density at radius 3 is 2.13 bits per heavy atom. The van der Waals surface area contributed by atoms with Crippen LogP contribution in [0.4, 0.5) is 8.78 Å². The number of unbranched alkanes of at least 4 members (excludes halogenated alkanes) is 2. The predicted octanol–water partition coefficient (Wildman–Crippen LogP) is 7.71. The van der Waals surface area contributed by atoms with Gasteiger partial charge in [-0.05, 0) is 62.5 Å². The first-order chi connectivity index (χ1) is 14.6. The zero-order chi connectivity index (χ0) is 21.3. The Bertz CT molecular complexity index is 680. The molecule has 2 aliphatic carbocycles. The van der Waals surface area contributed by atoms with Crippen molar-refractivity contribution in [3.05, 3.63) is 35.9 Å². The summed E-state index contributed by atoms with van der Waals surface area (Å²) < 4.78 is 38.9. The van der Waals surface area contributed by atoms with Gasteiger partial charge in [-0.1, -0.05) is 57.6 Å². The lowest BCUT2D eigenvalue weighted by molar-refractivity contribution is 0.190. The lowest BCUT2D eigenvalue weighted by atomic mass is 9.71. The van der Waals surface area contributed by atoms with E-state index in [4.69, 9.17) is 9.47 Å². The third-order valence-corrected chi connectivity index (χ3v) is 6.98. The van der Waals surface area contributed by atoms with E-state index >= 15 is 0 Å². The van der Waals surface area contributed by atoms with Crippen LogP contribution in [0.2, 0.25) is 0 Å². The van der Waals surface area contributed by atoms with Crippen molar-refractivity contribution >= 4 is 0 Å². The molecule has 1 fully saturated rings. The van der Waals surface area contributed by atoms with Crippen LogP contribution in [0.1, 0.15) is 78.1 Å². The van der Waals surface area contributed by atoms with Gasteiger partial charge < -0.3 is 9.47 Å². The van der Waals surface area contributed by atoms with Gasteiger partial charge in [-0.15, -0.1) is 0 Å². The van der Waals surface area contributed by atoms with Crippen molar-refractivity contribution in [3.63, 3.8) is 0 Å². The number of hydrogen-bond acceptors (Lipinski definition) is 2. The number of ether oxygens (including phenoxy) is 2. The van der Waals surface area contributed by atoms with E-state index in [1.807, 2.05) is 0 Å². The van der Waals surface area contributed by atoms with Crippen molar-refractivity contribution in [2.75, 3.05) is 13.2 Å². The monoisotopic (exact) mass is 420 g/mol.